The van der Waals surface area contributed by atoms with E-state index in [1.54, 1.807) is 56.3 Å². The van der Waals surface area contributed by atoms with E-state index in [1.807, 2.05) is 0 Å². The maximum absolute atomic E-state index is 13.0. The van der Waals surface area contributed by atoms with E-state index in [-0.39, 0.29) is 22.1 Å². The fourth-order valence-electron chi connectivity index (χ4n) is 3.70. The molecule has 1 heterocycles. The van der Waals surface area contributed by atoms with E-state index in [0.29, 0.717) is 11.4 Å². The van der Waals surface area contributed by atoms with Crippen molar-refractivity contribution >= 4 is 44.9 Å². The second kappa shape index (κ2) is 9.22. The highest BCUT2D eigenvalue weighted by molar-refractivity contribution is 7.92. The Morgan fingerprint density at radius 2 is 1.66 bits per heavy atom. The van der Waals surface area contributed by atoms with Crippen molar-refractivity contribution in [3.8, 4) is 0 Å². The first-order chi connectivity index (χ1) is 16.6. The van der Waals surface area contributed by atoms with Crippen LogP contribution in [-0.4, -0.2) is 38.3 Å². The maximum Gasteiger partial charge on any atom is 0.338 e. The lowest BCUT2D eigenvalue weighted by Gasteiger charge is -2.41. The quantitative estimate of drug-likeness (QED) is 0.508. The van der Waals surface area contributed by atoms with Gasteiger partial charge in [0.15, 0.2) is 6.61 Å². The fraction of sp³-hybridized carbons (Fsp3) is 0.160. The third-order valence-corrected chi connectivity index (χ3v) is 6.89. The minimum atomic E-state index is -3.84. The number of nitrogens with one attached hydrogen (secondary N) is 2. The molecule has 1 aliphatic rings. The van der Waals surface area contributed by atoms with E-state index in [1.165, 1.54) is 41.3 Å². The highest BCUT2D eigenvalue weighted by atomic mass is 32.2. The predicted octanol–water partition coefficient (Wildman–Crippen LogP) is 3.41. The number of para-hydroxylation sites is 2. The lowest BCUT2D eigenvalue weighted by atomic mass is 9.96. The molecule has 3 aromatic carbocycles. The van der Waals surface area contributed by atoms with E-state index in [4.69, 9.17) is 4.74 Å². The zero-order chi connectivity index (χ0) is 25.2. The number of hydrogen-bond acceptors (Lipinski definition) is 6. The highest BCUT2D eigenvalue weighted by Crippen LogP contribution is 2.36. The lowest BCUT2D eigenvalue weighted by molar-refractivity contribution is -0.128. The van der Waals surface area contributed by atoms with Gasteiger partial charge in [-0.1, -0.05) is 36.4 Å². The molecule has 10 heteroatoms. The van der Waals surface area contributed by atoms with E-state index in [9.17, 15) is 22.8 Å². The Labute approximate surface area is 202 Å². The summed E-state index contributed by atoms with van der Waals surface area (Å²) in [6, 6.07) is 20.4. The lowest BCUT2D eigenvalue weighted by Crippen LogP contribution is -2.59. The zero-order valence-corrected chi connectivity index (χ0v) is 19.8. The van der Waals surface area contributed by atoms with Crippen LogP contribution in [-0.2, 0) is 24.3 Å². The Balaban J connectivity index is 1.47. The first-order valence-electron chi connectivity index (χ1n) is 10.7. The van der Waals surface area contributed by atoms with Gasteiger partial charge in [-0.15, -0.1) is 0 Å². The average molecular weight is 494 g/mol. The van der Waals surface area contributed by atoms with Crippen molar-refractivity contribution in [2.75, 3.05) is 21.5 Å². The number of benzene rings is 3. The molecule has 0 spiro atoms. The van der Waals surface area contributed by atoms with E-state index in [0.717, 1.165) is 0 Å². The molecular formula is C25H23N3O6S. The van der Waals surface area contributed by atoms with Gasteiger partial charge in [-0.2, -0.15) is 0 Å². The van der Waals surface area contributed by atoms with Crippen molar-refractivity contribution in [2.45, 2.75) is 24.3 Å². The molecule has 4 rings (SSSR count). The van der Waals surface area contributed by atoms with Crippen LogP contribution in [0.25, 0.3) is 0 Å². The van der Waals surface area contributed by atoms with Crippen molar-refractivity contribution in [1.29, 1.82) is 0 Å². The van der Waals surface area contributed by atoms with E-state index >= 15 is 0 Å². The van der Waals surface area contributed by atoms with Crippen molar-refractivity contribution in [2.24, 2.45) is 0 Å². The molecule has 0 unspecified atom stereocenters. The molecule has 1 aliphatic heterocycles. The number of sulfonamides is 1. The molecule has 35 heavy (non-hydrogen) atoms. The summed E-state index contributed by atoms with van der Waals surface area (Å²) in [5.74, 6) is -1.76. The largest absolute Gasteiger partial charge is 0.452 e. The van der Waals surface area contributed by atoms with E-state index in [2.05, 4.69) is 10.0 Å². The molecular weight excluding hydrogens is 470 g/mol. The highest BCUT2D eigenvalue weighted by Gasteiger charge is 2.43. The molecule has 0 aromatic heterocycles. The predicted molar refractivity (Wildman–Crippen MR) is 131 cm³/mol. The number of amides is 2. The molecule has 0 saturated heterocycles. The van der Waals surface area contributed by atoms with Gasteiger partial charge in [0.05, 0.1) is 21.8 Å². The number of ether oxygens (including phenoxy) is 1. The van der Waals surface area contributed by atoms with Gasteiger partial charge in [0.25, 0.3) is 15.9 Å². The van der Waals surface area contributed by atoms with Crippen LogP contribution in [0.4, 0.5) is 17.1 Å². The number of carbonyl (C=O) groups is 3. The molecule has 2 amide bonds. The molecule has 0 saturated carbocycles. The Kier molecular flexibility index (Phi) is 6.31. The van der Waals surface area contributed by atoms with Crippen LogP contribution in [0.2, 0.25) is 0 Å². The second-order valence-corrected chi connectivity index (χ2v) is 10.0. The van der Waals surface area contributed by atoms with Crippen LogP contribution in [0, 0.1) is 0 Å². The molecule has 0 bridgehead atoms. The first-order valence-corrected chi connectivity index (χ1v) is 12.2. The molecule has 2 N–H and O–H groups in total. The van der Waals surface area contributed by atoms with Gasteiger partial charge in [-0.25, -0.2) is 13.2 Å². The van der Waals surface area contributed by atoms with Crippen LogP contribution in [0.1, 0.15) is 24.2 Å². The number of nitrogens with zero attached hydrogens (tertiary/aromatic N) is 1. The number of esters is 1. The summed E-state index contributed by atoms with van der Waals surface area (Å²) in [4.78, 5) is 39.6. The average Bonchev–Trinajstić information content (AvgIpc) is 2.83. The number of rotatable bonds is 6. The molecule has 9 nitrogen and oxygen atoms in total. The van der Waals surface area contributed by atoms with Crippen molar-refractivity contribution < 1.29 is 27.5 Å². The van der Waals surface area contributed by atoms with Crippen LogP contribution in [0.3, 0.4) is 0 Å². The van der Waals surface area contributed by atoms with Gasteiger partial charge in [-0.05, 0) is 56.3 Å². The number of hydrogen-bond donors (Lipinski definition) is 2. The summed E-state index contributed by atoms with van der Waals surface area (Å²) in [5, 5.41) is 2.77. The molecule has 180 valence electrons. The monoisotopic (exact) mass is 493 g/mol. The van der Waals surface area contributed by atoms with E-state index < -0.39 is 34.0 Å². The number of carbonyl (C=O) groups excluding carboxylic acids is 3. The van der Waals surface area contributed by atoms with Gasteiger partial charge < -0.3 is 10.1 Å². The van der Waals surface area contributed by atoms with Crippen LogP contribution in [0.5, 0.6) is 0 Å². The smallest absolute Gasteiger partial charge is 0.338 e. The standard InChI is InChI=1S/C25H23N3O6S/c1-25(2)24(31)26-20-13-6-7-14-21(20)28(25)22(29)16-34-23(30)17-9-8-10-18(15-17)27-35(32,33)19-11-4-3-5-12-19/h3-15,27H,16H2,1-2H3,(H,26,31). The summed E-state index contributed by atoms with van der Waals surface area (Å²) in [7, 11) is -3.84. The minimum absolute atomic E-state index is 0.0575. The van der Waals surface area contributed by atoms with Crippen molar-refractivity contribution in [3.63, 3.8) is 0 Å². The topological polar surface area (TPSA) is 122 Å². The van der Waals surface area contributed by atoms with Gasteiger partial charge in [0, 0.05) is 5.69 Å². The molecule has 0 atom stereocenters. The van der Waals surface area contributed by atoms with Crippen molar-refractivity contribution in [1.82, 2.24) is 0 Å². The summed E-state index contributed by atoms with van der Waals surface area (Å²) in [6.45, 7) is 2.59. The summed E-state index contributed by atoms with van der Waals surface area (Å²) in [5.41, 5.74) is -0.00196. The number of fused-ring (bicyclic) bond motifs is 1. The summed E-state index contributed by atoms with van der Waals surface area (Å²) in [6.07, 6.45) is 0. The number of anilines is 3. The van der Waals surface area contributed by atoms with Crippen LogP contribution < -0.4 is 14.9 Å². The maximum atomic E-state index is 13.0. The van der Waals surface area contributed by atoms with Crippen LogP contribution >= 0.6 is 0 Å². The van der Waals surface area contributed by atoms with Gasteiger partial charge in [-0.3, -0.25) is 19.2 Å². The first kappa shape index (κ1) is 24.0. The van der Waals surface area contributed by atoms with Crippen molar-refractivity contribution in [3.05, 3.63) is 84.4 Å². The third-order valence-electron chi connectivity index (χ3n) is 5.49. The Morgan fingerprint density at radius 3 is 2.40 bits per heavy atom. The molecule has 3 aromatic rings. The Morgan fingerprint density at radius 1 is 0.971 bits per heavy atom. The Bertz CT molecular complexity index is 1400. The zero-order valence-electron chi connectivity index (χ0n) is 19.0. The SMILES string of the molecule is CC1(C)C(=O)Nc2ccccc2N1C(=O)COC(=O)c1cccc(NS(=O)(=O)c2ccccc2)c1. The Hall–Kier alpha value is -4.18. The van der Waals surface area contributed by atoms with Gasteiger partial charge >= 0.3 is 5.97 Å². The summed E-state index contributed by atoms with van der Waals surface area (Å²) < 4.78 is 32.7. The second-order valence-electron chi connectivity index (χ2n) is 8.33. The third kappa shape index (κ3) is 4.87. The van der Waals surface area contributed by atoms with Gasteiger partial charge in [0.1, 0.15) is 5.54 Å². The molecule has 0 radical (unpaired) electrons. The fourth-order valence-corrected chi connectivity index (χ4v) is 4.77. The molecule has 0 fully saturated rings. The molecule has 0 aliphatic carbocycles. The normalized spacial score (nSPS) is 14.5. The van der Waals surface area contributed by atoms with Crippen LogP contribution in [0.15, 0.2) is 83.8 Å². The van der Waals surface area contributed by atoms with Gasteiger partial charge in [0.2, 0.25) is 5.91 Å². The summed E-state index contributed by atoms with van der Waals surface area (Å²) >= 11 is 0. The minimum Gasteiger partial charge on any atom is -0.452 e.